The number of halogens is 1. The molecule has 7 heteroatoms. The van der Waals surface area contributed by atoms with Gasteiger partial charge in [-0.3, -0.25) is 0 Å². The molecule has 0 heterocycles. The molecule has 2 N–H and O–H groups in total. The third-order valence-electron chi connectivity index (χ3n) is 3.78. The van der Waals surface area contributed by atoms with E-state index in [2.05, 4.69) is 0 Å². The maximum Gasteiger partial charge on any atom is 0.244 e. The molecule has 1 aliphatic rings. The van der Waals surface area contributed by atoms with Crippen molar-refractivity contribution in [2.75, 3.05) is 6.54 Å². The first-order chi connectivity index (χ1) is 9.82. The van der Waals surface area contributed by atoms with Crippen LogP contribution in [0.5, 0.6) is 0 Å². The van der Waals surface area contributed by atoms with Gasteiger partial charge in [-0.25, -0.2) is 12.8 Å². The topological polar surface area (TPSA) is 63.4 Å². The van der Waals surface area contributed by atoms with E-state index in [1.54, 1.807) is 6.92 Å². The largest absolute Gasteiger partial charge is 0.392 e. The number of sulfonamides is 1. The number of hydrogen-bond donors (Lipinski definition) is 1. The average Bonchev–Trinajstić information content (AvgIpc) is 2.92. The molecule has 0 aromatic heterocycles. The molecule has 0 radical (unpaired) electrons. The normalized spacial score (nSPS) is 16.5. The van der Waals surface area contributed by atoms with Crippen molar-refractivity contribution in [3.8, 4) is 0 Å². The molecule has 0 spiro atoms. The molecule has 21 heavy (non-hydrogen) atoms. The summed E-state index contributed by atoms with van der Waals surface area (Å²) in [5.74, 6) is -0.569. The van der Waals surface area contributed by atoms with Crippen molar-refractivity contribution in [2.45, 2.75) is 43.5 Å². The van der Waals surface area contributed by atoms with Crippen LogP contribution in [0.1, 0.15) is 31.2 Å². The van der Waals surface area contributed by atoms with Gasteiger partial charge in [0.2, 0.25) is 10.0 Å². The molecule has 0 bridgehead atoms. The molecule has 1 saturated carbocycles. The zero-order chi connectivity index (χ0) is 15.6. The standard InChI is InChI=1S/C14H19FN2O2S2/c1-10-6-7-11(15)8-13(10)21(18,19)17(9-14(16)20)12-4-2-3-5-12/h6-8,12H,2-5,9H2,1H3,(H2,16,20). The average molecular weight is 330 g/mol. The molecule has 2 rings (SSSR count). The SMILES string of the molecule is Cc1ccc(F)cc1S(=O)(=O)N(CC(N)=S)C1CCCC1. The second-order valence-electron chi connectivity index (χ2n) is 5.36. The molecule has 0 atom stereocenters. The second-order valence-corrected chi connectivity index (χ2v) is 7.75. The molecule has 1 aromatic rings. The van der Waals surface area contributed by atoms with Crippen LogP contribution in [-0.2, 0) is 10.0 Å². The zero-order valence-electron chi connectivity index (χ0n) is 11.9. The number of aryl methyl sites for hydroxylation is 1. The Morgan fingerprint density at radius 3 is 2.62 bits per heavy atom. The summed E-state index contributed by atoms with van der Waals surface area (Å²) < 4.78 is 40.5. The first kappa shape index (κ1) is 16.3. The minimum atomic E-state index is -3.81. The first-order valence-corrected chi connectivity index (χ1v) is 8.73. The van der Waals surface area contributed by atoms with Gasteiger partial charge in [0, 0.05) is 6.04 Å². The molecule has 4 nitrogen and oxygen atoms in total. The van der Waals surface area contributed by atoms with Crippen molar-refractivity contribution in [3.05, 3.63) is 29.6 Å². The molecular formula is C14H19FN2O2S2. The van der Waals surface area contributed by atoms with Crippen LogP contribution in [0, 0.1) is 12.7 Å². The number of thiocarbonyl (C=S) groups is 1. The van der Waals surface area contributed by atoms with E-state index < -0.39 is 15.8 Å². The third-order valence-corrected chi connectivity index (χ3v) is 5.95. The summed E-state index contributed by atoms with van der Waals surface area (Å²) in [6.07, 6.45) is 3.54. The summed E-state index contributed by atoms with van der Waals surface area (Å²) in [7, 11) is -3.81. The Morgan fingerprint density at radius 2 is 2.05 bits per heavy atom. The Bertz CT molecular complexity index is 640. The van der Waals surface area contributed by atoms with Crippen LogP contribution >= 0.6 is 12.2 Å². The molecular weight excluding hydrogens is 311 g/mol. The lowest BCUT2D eigenvalue weighted by molar-refractivity contribution is 0.354. The van der Waals surface area contributed by atoms with Gasteiger partial charge in [-0.2, -0.15) is 4.31 Å². The molecule has 0 unspecified atom stereocenters. The van der Waals surface area contributed by atoms with E-state index in [0.29, 0.717) is 5.56 Å². The molecule has 0 aliphatic heterocycles. The van der Waals surface area contributed by atoms with Crippen molar-refractivity contribution in [1.82, 2.24) is 4.31 Å². The van der Waals surface area contributed by atoms with Gasteiger partial charge in [0.15, 0.2) is 0 Å². The van der Waals surface area contributed by atoms with E-state index >= 15 is 0 Å². The fraction of sp³-hybridized carbons (Fsp3) is 0.500. The molecule has 1 aromatic carbocycles. The smallest absolute Gasteiger partial charge is 0.244 e. The predicted octanol–water partition coefficient (Wildman–Crippen LogP) is 2.35. The van der Waals surface area contributed by atoms with E-state index in [-0.39, 0.29) is 22.5 Å². The number of hydrogen-bond acceptors (Lipinski definition) is 3. The third kappa shape index (κ3) is 3.59. The van der Waals surface area contributed by atoms with E-state index in [1.807, 2.05) is 0 Å². The van der Waals surface area contributed by atoms with E-state index in [0.717, 1.165) is 31.7 Å². The minimum Gasteiger partial charge on any atom is -0.392 e. The van der Waals surface area contributed by atoms with Crippen LogP contribution in [0.25, 0.3) is 0 Å². The van der Waals surface area contributed by atoms with Crippen LogP contribution in [0.4, 0.5) is 4.39 Å². The summed E-state index contributed by atoms with van der Waals surface area (Å²) in [4.78, 5) is 0.116. The molecule has 116 valence electrons. The highest BCUT2D eigenvalue weighted by Crippen LogP contribution is 2.30. The van der Waals surface area contributed by atoms with Crippen molar-refractivity contribution in [2.24, 2.45) is 5.73 Å². The lowest BCUT2D eigenvalue weighted by Crippen LogP contribution is -2.43. The van der Waals surface area contributed by atoms with Gasteiger partial charge in [-0.1, -0.05) is 31.1 Å². The monoisotopic (exact) mass is 330 g/mol. The van der Waals surface area contributed by atoms with Crippen LogP contribution in [0.2, 0.25) is 0 Å². The Balaban J connectivity index is 2.45. The lowest BCUT2D eigenvalue weighted by atomic mass is 10.2. The summed E-state index contributed by atoms with van der Waals surface area (Å²) in [6.45, 7) is 1.65. The highest BCUT2D eigenvalue weighted by molar-refractivity contribution is 7.89. The van der Waals surface area contributed by atoms with Crippen molar-refractivity contribution < 1.29 is 12.8 Å². The van der Waals surface area contributed by atoms with E-state index in [4.69, 9.17) is 18.0 Å². The van der Waals surface area contributed by atoms with Crippen LogP contribution in [-0.4, -0.2) is 30.3 Å². The molecule has 1 aliphatic carbocycles. The minimum absolute atomic E-state index is 0.00170. The Labute approximate surface area is 130 Å². The second kappa shape index (κ2) is 6.37. The fourth-order valence-corrected chi connectivity index (χ4v) is 4.86. The Kier molecular flexibility index (Phi) is 4.95. The number of nitrogens with zero attached hydrogens (tertiary/aromatic N) is 1. The maximum absolute atomic E-state index is 13.4. The van der Waals surface area contributed by atoms with Gasteiger partial charge in [0.05, 0.1) is 16.4 Å². The number of benzene rings is 1. The Hall–Kier alpha value is -1.05. The van der Waals surface area contributed by atoms with E-state index in [1.165, 1.54) is 16.4 Å². The van der Waals surface area contributed by atoms with Crippen LogP contribution in [0.15, 0.2) is 23.1 Å². The zero-order valence-corrected chi connectivity index (χ0v) is 13.5. The van der Waals surface area contributed by atoms with Gasteiger partial charge >= 0.3 is 0 Å². The van der Waals surface area contributed by atoms with Gasteiger partial charge < -0.3 is 5.73 Å². The van der Waals surface area contributed by atoms with Gasteiger partial charge in [-0.15, -0.1) is 0 Å². The van der Waals surface area contributed by atoms with Crippen molar-refractivity contribution in [1.29, 1.82) is 0 Å². The van der Waals surface area contributed by atoms with Crippen molar-refractivity contribution in [3.63, 3.8) is 0 Å². The maximum atomic E-state index is 13.4. The van der Waals surface area contributed by atoms with Crippen molar-refractivity contribution >= 4 is 27.2 Å². The predicted molar refractivity (Wildman–Crippen MR) is 84.1 cm³/mol. The van der Waals surface area contributed by atoms with Crippen LogP contribution in [0.3, 0.4) is 0 Å². The molecule has 1 fully saturated rings. The van der Waals surface area contributed by atoms with Gasteiger partial charge in [0.1, 0.15) is 5.82 Å². The summed E-state index contributed by atoms with van der Waals surface area (Å²) in [5.41, 5.74) is 6.07. The number of nitrogens with two attached hydrogens (primary N) is 1. The lowest BCUT2D eigenvalue weighted by Gasteiger charge is -2.28. The molecule has 0 amide bonds. The summed E-state index contributed by atoms with van der Waals surface area (Å²) in [5, 5.41) is 0. The highest BCUT2D eigenvalue weighted by Gasteiger charge is 2.34. The number of rotatable bonds is 5. The summed E-state index contributed by atoms with van der Waals surface area (Å²) >= 11 is 4.88. The van der Waals surface area contributed by atoms with Gasteiger partial charge in [-0.05, 0) is 37.5 Å². The summed E-state index contributed by atoms with van der Waals surface area (Å²) in [6, 6.07) is 3.67. The highest BCUT2D eigenvalue weighted by atomic mass is 32.2. The first-order valence-electron chi connectivity index (χ1n) is 6.88. The Morgan fingerprint density at radius 1 is 1.43 bits per heavy atom. The van der Waals surface area contributed by atoms with E-state index in [9.17, 15) is 12.8 Å². The molecule has 0 saturated heterocycles. The van der Waals surface area contributed by atoms with Gasteiger partial charge in [0.25, 0.3) is 0 Å². The fourth-order valence-electron chi connectivity index (χ4n) is 2.73. The van der Waals surface area contributed by atoms with Crippen LogP contribution < -0.4 is 5.73 Å². The quantitative estimate of drug-likeness (QED) is 0.842.